The Morgan fingerprint density at radius 3 is 1.93 bits per heavy atom. The number of allylic oxidation sites excluding steroid dienone is 1. The first kappa shape index (κ1) is 15.3. The molecule has 0 saturated carbocycles. The topological polar surface area (TPSA) is 97.5 Å². The highest BCUT2D eigenvalue weighted by atomic mass is 32.2. The zero-order valence-corrected chi connectivity index (χ0v) is 9.04. The maximum absolute atomic E-state index is 10.0. The molecule has 0 saturated heterocycles. The van der Waals surface area contributed by atoms with E-state index in [4.69, 9.17) is 4.55 Å². The van der Waals surface area contributed by atoms with Crippen LogP contribution in [-0.4, -0.2) is 24.6 Å². The lowest BCUT2D eigenvalue weighted by molar-refractivity contribution is -0.113. The van der Waals surface area contributed by atoms with Crippen LogP contribution in [0.5, 0.6) is 0 Å². The van der Waals surface area contributed by atoms with Crippen LogP contribution in [0.25, 0.3) is 0 Å². The molecule has 0 spiro atoms. The third kappa shape index (κ3) is 22.4. The number of carbonyl (C=O) groups is 1. The summed E-state index contributed by atoms with van der Waals surface area (Å²) in [5.74, 6) is -0.764. The minimum absolute atomic E-state index is 0.282. The normalized spacial score (nSPS) is 9.36. The van der Waals surface area contributed by atoms with Gasteiger partial charge in [0, 0.05) is 0 Å². The van der Waals surface area contributed by atoms with Gasteiger partial charge in [0.05, 0.1) is 5.75 Å². The standard InChI is InChI=1S/C5H10O3S.C3H5NO/c1-5(2)3-4-9(6,7)8;1-2-3(4)5/h3H,4H2,1-2H3,(H,6,7,8);2H,1H2,(H2,4,5). The van der Waals surface area contributed by atoms with Crippen molar-refractivity contribution in [3.05, 3.63) is 24.3 Å². The van der Waals surface area contributed by atoms with E-state index >= 15 is 0 Å². The predicted octanol–water partition coefficient (Wildman–Crippen LogP) is 0.498. The number of hydrogen-bond acceptors (Lipinski definition) is 3. The molecule has 0 unspecified atom stereocenters. The van der Waals surface area contributed by atoms with Crippen molar-refractivity contribution in [3.63, 3.8) is 0 Å². The quantitative estimate of drug-likeness (QED) is 0.412. The van der Waals surface area contributed by atoms with Crippen LogP contribution in [-0.2, 0) is 14.9 Å². The maximum Gasteiger partial charge on any atom is 0.268 e. The van der Waals surface area contributed by atoms with Gasteiger partial charge in [-0.1, -0.05) is 18.2 Å². The number of carbonyl (C=O) groups excluding carboxylic acids is 1. The Kier molecular flexibility index (Phi) is 7.98. The Hall–Kier alpha value is -1.14. The Labute approximate surface area is 84.1 Å². The van der Waals surface area contributed by atoms with Crippen molar-refractivity contribution < 1.29 is 17.8 Å². The van der Waals surface area contributed by atoms with Gasteiger partial charge in [0.25, 0.3) is 10.1 Å². The molecule has 0 aromatic rings. The van der Waals surface area contributed by atoms with Gasteiger partial charge in [0.1, 0.15) is 0 Å². The second-order valence-electron chi connectivity index (χ2n) is 2.64. The van der Waals surface area contributed by atoms with E-state index in [0.717, 1.165) is 11.6 Å². The fourth-order valence-electron chi connectivity index (χ4n) is 0.272. The average molecular weight is 221 g/mol. The average Bonchev–Trinajstić information content (AvgIpc) is 2.01. The van der Waals surface area contributed by atoms with Gasteiger partial charge in [0.2, 0.25) is 5.91 Å². The molecule has 0 aliphatic carbocycles. The second kappa shape index (κ2) is 7.28. The van der Waals surface area contributed by atoms with Crippen molar-refractivity contribution in [2.45, 2.75) is 13.8 Å². The van der Waals surface area contributed by atoms with Gasteiger partial charge in [-0.3, -0.25) is 9.35 Å². The number of primary amides is 1. The Morgan fingerprint density at radius 1 is 1.50 bits per heavy atom. The molecule has 0 bridgehead atoms. The van der Waals surface area contributed by atoms with Crippen molar-refractivity contribution in [2.75, 3.05) is 5.75 Å². The molecule has 6 heteroatoms. The largest absolute Gasteiger partial charge is 0.366 e. The van der Waals surface area contributed by atoms with E-state index in [9.17, 15) is 13.2 Å². The lowest BCUT2D eigenvalue weighted by atomic mass is 10.3. The monoisotopic (exact) mass is 221 g/mol. The molecule has 0 aliphatic heterocycles. The smallest absolute Gasteiger partial charge is 0.268 e. The first-order chi connectivity index (χ1) is 6.19. The molecule has 0 aliphatic rings. The Morgan fingerprint density at radius 2 is 1.86 bits per heavy atom. The summed E-state index contributed by atoms with van der Waals surface area (Å²) in [4.78, 5) is 9.47. The van der Waals surface area contributed by atoms with E-state index in [1.54, 1.807) is 13.8 Å². The molecule has 0 radical (unpaired) electrons. The highest BCUT2D eigenvalue weighted by molar-refractivity contribution is 7.85. The predicted molar refractivity (Wildman–Crippen MR) is 55.2 cm³/mol. The van der Waals surface area contributed by atoms with Crippen LogP contribution >= 0.6 is 0 Å². The van der Waals surface area contributed by atoms with Crippen molar-refractivity contribution in [1.82, 2.24) is 0 Å². The molecule has 0 rings (SSSR count). The van der Waals surface area contributed by atoms with E-state index in [2.05, 4.69) is 12.3 Å². The molecule has 82 valence electrons. The van der Waals surface area contributed by atoms with Crippen LogP contribution in [0.2, 0.25) is 0 Å². The SMILES string of the molecule is C=CC(N)=O.CC(C)=CCS(=O)(=O)O. The van der Waals surface area contributed by atoms with Crippen LogP contribution in [0.4, 0.5) is 0 Å². The zero-order chi connectivity index (χ0) is 11.8. The molecule has 5 nitrogen and oxygen atoms in total. The number of hydrogen-bond donors (Lipinski definition) is 2. The molecule has 3 N–H and O–H groups in total. The molecule has 0 aromatic carbocycles. The first-order valence-electron chi connectivity index (χ1n) is 3.69. The molecular formula is C8H15NO4S. The van der Waals surface area contributed by atoms with E-state index in [-0.39, 0.29) is 5.75 Å². The summed E-state index contributed by atoms with van der Waals surface area (Å²) >= 11 is 0. The lowest BCUT2D eigenvalue weighted by Crippen LogP contribution is -2.04. The maximum atomic E-state index is 10.0. The number of amides is 1. The van der Waals surface area contributed by atoms with Crippen LogP contribution in [0.1, 0.15) is 13.8 Å². The fourth-order valence-corrected chi connectivity index (χ4v) is 0.816. The van der Waals surface area contributed by atoms with Crippen molar-refractivity contribution >= 4 is 16.0 Å². The van der Waals surface area contributed by atoms with Gasteiger partial charge in [-0.15, -0.1) is 0 Å². The fraction of sp³-hybridized carbons (Fsp3) is 0.375. The minimum Gasteiger partial charge on any atom is -0.366 e. The molecule has 0 heterocycles. The molecule has 1 amide bonds. The minimum atomic E-state index is -3.80. The van der Waals surface area contributed by atoms with Gasteiger partial charge in [-0.25, -0.2) is 0 Å². The summed E-state index contributed by atoms with van der Waals surface area (Å²) in [6, 6.07) is 0. The number of rotatable bonds is 3. The van der Waals surface area contributed by atoms with Crippen LogP contribution < -0.4 is 5.73 Å². The van der Waals surface area contributed by atoms with Crippen LogP contribution in [0.3, 0.4) is 0 Å². The third-order valence-electron chi connectivity index (χ3n) is 0.903. The Balaban J connectivity index is 0. The molecule has 0 atom stereocenters. The summed E-state index contributed by atoms with van der Waals surface area (Å²) in [6.45, 7) is 6.62. The first-order valence-corrected chi connectivity index (χ1v) is 5.30. The lowest BCUT2D eigenvalue weighted by Gasteiger charge is -1.88. The van der Waals surface area contributed by atoms with Crippen LogP contribution in [0.15, 0.2) is 24.3 Å². The van der Waals surface area contributed by atoms with Gasteiger partial charge in [-0.2, -0.15) is 8.42 Å². The summed E-state index contributed by atoms with van der Waals surface area (Å²) < 4.78 is 28.3. The van der Waals surface area contributed by atoms with Gasteiger partial charge < -0.3 is 5.73 Å². The van der Waals surface area contributed by atoms with Gasteiger partial charge in [0.15, 0.2) is 0 Å². The summed E-state index contributed by atoms with van der Waals surface area (Å²) in [5.41, 5.74) is 5.42. The van der Waals surface area contributed by atoms with Gasteiger partial charge >= 0.3 is 0 Å². The number of nitrogens with two attached hydrogens (primary N) is 1. The highest BCUT2D eigenvalue weighted by Crippen LogP contribution is 1.90. The van der Waals surface area contributed by atoms with E-state index in [1.807, 2.05) is 0 Å². The second-order valence-corrected chi connectivity index (χ2v) is 4.13. The molecular weight excluding hydrogens is 206 g/mol. The van der Waals surface area contributed by atoms with E-state index < -0.39 is 16.0 Å². The van der Waals surface area contributed by atoms with Crippen molar-refractivity contribution in [3.8, 4) is 0 Å². The summed E-state index contributed by atoms with van der Waals surface area (Å²) in [6.07, 6.45) is 2.51. The summed E-state index contributed by atoms with van der Waals surface area (Å²) in [7, 11) is -3.80. The van der Waals surface area contributed by atoms with Crippen molar-refractivity contribution in [2.24, 2.45) is 5.73 Å². The van der Waals surface area contributed by atoms with E-state index in [0.29, 0.717) is 0 Å². The van der Waals surface area contributed by atoms with Crippen LogP contribution in [0, 0.1) is 0 Å². The molecule has 14 heavy (non-hydrogen) atoms. The van der Waals surface area contributed by atoms with Crippen molar-refractivity contribution in [1.29, 1.82) is 0 Å². The van der Waals surface area contributed by atoms with Gasteiger partial charge in [-0.05, 0) is 19.9 Å². The third-order valence-corrected chi connectivity index (χ3v) is 1.49. The highest BCUT2D eigenvalue weighted by Gasteiger charge is 1.98. The zero-order valence-electron chi connectivity index (χ0n) is 8.23. The Bertz CT molecular complexity index is 312. The molecule has 0 fully saturated rings. The summed E-state index contributed by atoms with van der Waals surface area (Å²) in [5, 5.41) is 0. The van der Waals surface area contributed by atoms with E-state index in [1.165, 1.54) is 6.08 Å². The molecule has 0 aromatic heterocycles.